The van der Waals surface area contributed by atoms with Crippen LogP contribution >= 0.6 is 0 Å². The first-order valence-electron chi connectivity index (χ1n) is 11.5. The van der Waals surface area contributed by atoms with Gasteiger partial charge in [0.1, 0.15) is 12.2 Å². The van der Waals surface area contributed by atoms with Crippen LogP contribution in [0.2, 0.25) is 18.1 Å². The molecule has 0 aliphatic rings. The number of rotatable bonds is 13. The number of nitrogens with one attached hydrogen (secondary N) is 3. The summed E-state index contributed by atoms with van der Waals surface area (Å²) in [5, 5.41) is 2.87. The molecule has 32 heavy (non-hydrogen) atoms. The van der Waals surface area contributed by atoms with Gasteiger partial charge >= 0.3 is 12.2 Å². The van der Waals surface area contributed by atoms with Gasteiger partial charge in [-0.2, -0.15) is 0 Å². The third-order valence-electron chi connectivity index (χ3n) is 5.28. The first-order chi connectivity index (χ1) is 15.1. The molecule has 1 aromatic rings. The fourth-order valence-electron chi connectivity index (χ4n) is 3.18. The van der Waals surface area contributed by atoms with E-state index in [0.717, 1.165) is 23.7 Å². The lowest BCUT2D eigenvalue weighted by molar-refractivity contribution is 0.0496. The van der Waals surface area contributed by atoms with E-state index in [2.05, 4.69) is 36.9 Å². The molecule has 0 aromatic heterocycles. The minimum absolute atomic E-state index is 0.180. The lowest BCUT2D eigenvalue weighted by Crippen LogP contribution is -2.49. The molecule has 1 aromatic carbocycles. The van der Waals surface area contributed by atoms with Gasteiger partial charge in [0, 0.05) is 19.2 Å². The molecular weight excluding hydrogens is 426 g/mol. The molecular formula is C23H41N3O5Si. The van der Waals surface area contributed by atoms with Crippen molar-refractivity contribution in [3.8, 4) is 0 Å². The number of alkyl carbamates (subject to hydrolysis) is 1. The van der Waals surface area contributed by atoms with Crippen LogP contribution < -0.4 is 16.2 Å². The highest BCUT2D eigenvalue weighted by molar-refractivity contribution is 6.73. The Morgan fingerprint density at radius 3 is 2.19 bits per heavy atom. The molecule has 0 fully saturated rings. The van der Waals surface area contributed by atoms with E-state index in [-0.39, 0.29) is 12.6 Å². The second kappa shape index (κ2) is 14.1. The number of hydrazine groups is 1. The maximum atomic E-state index is 12.2. The summed E-state index contributed by atoms with van der Waals surface area (Å²) < 4.78 is 16.9. The maximum Gasteiger partial charge on any atom is 0.421 e. The largest absolute Gasteiger partial charge is 0.444 e. The van der Waals surface area contributed by atoms with Crippen molar-refractivity contribution in [1.82, 2.24) is 16.2 Å². The first kappa shape index (κ1) is 27.9. The molecule has 0 unspecified atom stereocenters. The summed E-state index contributed by atoms with van der Waals surface area (Å²) in [4.78, 5) is 24.2. The zero-order chi connectivity index (χ0) is 24.0. The Hall–Kier alpha value is -2.10. The Morgan fingerprint density at radius 1 is 1.00 bits per heavy atom. The normalized spacial score (nSPS) is 12.7. The highest BCUT2D eigenvalue weighted by Crippen LogP contribution is 2.21. The minimum atomic E-state index is -1.71. The molecule has 0 bridgehead atoms. The predicted octanol–water partition coefficient (Wildman–Crippen LogP) is 4.72. The van der Waals surface area contributed by atoms with Crippen molar-refractivity contribution in [2.75, 3.05) is 13.2 Å². The number of hydrogen-bond acceptors (Lipinski definition) is 6. The molecule has 0 aliphatic carbocycles. The van der Waals surface area contributed by atoms with E-state index in [1.54, 1.807) is 0 Å². The second-order valence-corrected chi connectivity index (χ2v) is 13.6. The molecule has 2 amide bonds. The van der Waals surface area contributed by atoms with Gasteiger partial charge in [0.2, 0.25) is 0 Å². The summed E-state index contributed by atoms with van der Waals surface area (Å²) in [5.74, 6) is 0. The Balaban J connectivity index is 2.53. The van der Waals surface area contributed by atoms with Crippen LogP contribution in [0.5, 0.6) is 0 Å². The summed E-state index contributed by atoms with van der Waals surface area (Å²) in [6.07, 6.45) is -0.488. The number of benzene rings is 1. The van der Waals surface area contributed by atoms with Gasteiger partial charge in [-0.1, -0.05) is 51.1 Å². The van der Waals surface area contributed by atoms with E-state index in [9.17, 15) is 9.59 Å². The fraction of sp³-hybridized carbons (Fsp3) is 0.652. The van der Waals surface area contributed by atoms with Crippen molar-refractivity contribution in [1.29, 1.82) is 0 Å². The number of carbonyl (C=O) groups excluding carboxylic acids is 2. The first-order valence-corrected chi connectivity index (χ1v) is 14.0. The standard InChI is InChI=1S/C23H41N3O5Si/c1-7-32(8-2,9-3)30-16-15-20(25-21(27)31-23(4,5)6)17-24-26-22(28)29-18-19-13-11-10-12-14-19/h10-14,20,24H,7-9,15-18H2,1-6H3,(H,25,27)(H,26,28)/t20-/m1/s1. The van der Waals surface area contributed by atoms with E-state index in [1.807, 2.05) is 51.1 Å². The van der Waals surface area contributed by atoms with Gasteiger partial charge in [-0.05, 0) is 50.9 Å². The molecule has 1 rings (SSSR count). The quantitative estimate of drug-likeness (QED) is 0.287. The van der Waals surface area contributed by atoms with Crippen LogP contribution in [0.4, 0.5) is 9.59 Å². The molecule has 0 spiro atoms. The molecule has 8 nitrogen and oxygen atoms in total. The van der Waals surface area contributed by atoms with Gasteiger partial charge in [-0.3, -0.25) is 5.43 Å². The van der Waals surface area contributed by atoms with Crippen molar-refractivity contribution in [2.45, 2.75) is 84.3 Å². The van der Waals surface area contributed by atoms with Gasteiger partial charge in [0.15, 0.2) is 8.32 Å². The van der Waals surface area contributed by atoms with Gasteiger partial charge in [-0.15, -0.1) is 0 Å². The summed E-state index contributed by atoms with van der Waals surface area (Å²) in [5.41, 5.74) is 5.66. The van der Waals surface area contributed by atoms with Crippen molar-refractivity contribution in [3.05, 3.63) is 35.9 Å². The van der Waals surface area contributed by atoms with Crippen LogP contribution in [-0.2, 0) is 20.5 Å². The summed E-state index contributed by atoms with van der Waals surface area (Å²) in [7, 11) is -1.71. The molecule has 0 aliphatic heterocycles. The predicted molar refractivity (Wildman–Crippen MR) is 129 cm³/mol. The van der Waals surface area contributed by atoms with Gasteiger partial charge in [0.25, 0.3) is 0 Å². The van der Waals surface area contributed by atoms with Crippen LogP contribution in [0.3, 0.4) is 0 Å². The van der Waals surface area contributed by atoms with Crippen LogP contribution in [0.25, 0.3) is 0 Å². The number of carbonyl (C=O) groups is 2. The molecule has 0 saturated heterocycles. The molecule has 1 atom stereocenters. The van der Waals surface area contributed by atoms with E-state index in [1.165, 1.54) is 0 Å². The Morgan fingerprint density at radius 2 is 1.62 bits per heavy atom. The zero-order valence-electron chi connectivity index (χ0n) is 20.5. The highest BCUT2D eigenvalue weighted by Gasteiger charge is 2.29. The van der Waals surface area contributed by atoms with Crippen LogP contribution in [0, 0.1) is 0 Å². The van der Waals surface area contributed by atoms with E-state index < -0.39 is 26.1 Å². The average molecular weight is 468 g/mol. The topological polar surface area (TPSA) is 97.9 Å². The van der Waals surface area contributed by atoms with Crippen LogP contribution in [0.15, 0.2) is 30.3 Å². The van der Waals surface area contributed by atoms with Crippen LogP contribution in [0.1, 0.15) is 53.5 Å². The van der Waals surface area contributed by atoms with Gasteiger partial charge in [0.05, 0.1) is 0 Å². The summed E-state index contributed by atoms with van der Waals surface area (Å²) in [6.45, 7) is 13.0. The monoisotopic (exact) mass is 467 g/mol. The number of hydrogen-bond donors (Lipinski definition) is 3. The van der Waals surface area contributed by atoms with Gasteiger partial charge in [-0.25, -0.2) is 15.0 Å². The molecule has 182 valence electrons. The molecule has 9 heteroatoms. The second-order valence-electron chi connectivity index (χ2n) is 8.79. The van der Waals surface area contributed by atoms with Gasteiger partial charge < -0.3 is 19.2 Å². The third kappa shape index (κ3) is 11.5. The number of ether oxygens (including phenoxy) is 2. The Kier molecular flexibility index (Phi) is 12.3. The Bertz CT molecular complexity index is 670. The lowest BCUT2D eigenvalue weighted by atomic mass is 10.2. The Labute approximate surface area is 193 Å². The smallest absolute Gasteiger partial charge is 0.421 e. The van der Waals surface area contributed by atoms with Crippen molar-refractivity contribution in [2.24, 2.45) is 0 Å². The van der Waals surface area contributed by atoms with E-state index >= 15 is 0 Å². The third-order valence-corrected chi connectivity index (χ3v) is 9.96. The molecule has 0 saturated carbocycles. The van der Waals surface area contributed by atoms with Crippen molar-refractivity contribution < 1.29 is 23.5 Å². The molecule has 3 N–H and O–H groups in total. The zero-order valence-corrected chi connectivity index (χ0v) is 21.5. The minimum Gasteiger partial charge on any atom is -0.444 e. The maximum absolute atomic E-state index is 12.2. The summed E-state index contributed by atoms with van der Waals surface area (Å²) >= 11 is 0. The lowest BCUT2D eigenvalue weighted by Gasteiger charge is -2.29. The number of amides is 2. The average Bonchev–Trinajstić information content (AvgIpc) is 2.75. The van der Waals surface area contributed by atoms with E-state index in [0.29, 0.717) is 19.6 Å². The SMILES string of the molecule is CC[Si](CC)(CC)OCC[C@H](CNNC(=O)OCc1ccccc1)NC(=O)OC(C)(C)C. The molecule has 0 heterocycles. The van der Waals surface area contributed by atoms with Crippen LogP contribution in [-0.4, -0.2) is 45.3 Å². The van der Waals surface area contributed by atoms with Crippen molar-refractivity contribution in [3.63, 3.8) is 0 Å². The fourth-order valence-corrected chi connectivity index (χ4v) is 5.84. The molecule has 0 radical (unpaired) electrons. The highest BCUT2D eigenvalue weighted by atomic mass is 28.4. The van der Waals surface area contributed by atoms with E-state index in [4.69, 9.17) is 13.9 Å². The summed E-state index contributed by atoms with van der Waals surface area (Å²) in [6, 6.07) is 12.4. The van der Waals surface area contributed by atoms with Crippen molar-refractivity contribution >= 4 is 20.5 Å².